The summed E-state index contributed by atoms with van der Waals surface area (Å²) in [6.07, 6.45) is -5.44. The number of amides is 1. The summed E-state index contributed by atoms with van der Waals surface area (Å²) < 4.78 is 44.5. The normalized spacial score (nSPS) is 23.0. The number of nitrogens with one attached hydrogen (secondary N) is 1. The smallest absolute Gasteiger partial charge is 0.393 e. The number of hydrogen-bond acceptors (Lipinski definition) is 5. The van der Waals surface area contributed by atoms with Crippen LogP contribution >= 0.6 is 11.8 Å². The molecule has 3 unspecified atom stereocenters. The summed E-state index contributed by atoms with van der Waals surface area (Å²) in [5, 5.41) is 19.6. The Kier molecular flexibility index (Phi) is 6.02. The second kappa shape index (κ2) is 7.86. The van der Waals surface area contributed by atoms with Gasteiger partial charge in [0.1, 0.15) is 5.75 Å². The second-order valence-corrected chi connectivity index (χ2v) is 6.77. The number of carboxylic acid groups (broad SMARTS) is 1. The zero-order chi connectivity index (χ0) is 19.5. The van der Waals surface area contributed by atoms with Crippen LogP contribution in [0.5, 0.6) is 5.75 Å². The number of hydrogen-bond donors (Lipinski definition) is 2. The van der Waals surface area contributed by atoms with Gasteiger partial charge in [-0.3, -0.25) is 4.79 Å². The van der Waals surface area contributed by atoms with Crippen molar-refractivity contribution in [2.45, 2.75) is 23.7 Å². The SMILES string of the molecule is COc1ccc(C(=O)O)cc1CSC1NC(=O)CC(C(F)(F)F)C1C#N. The molecule has 10 heteroatoms. The number of halogens is 3. The van der Waals surface area contributed by atoms with Crippen molar-refractivity contribution in [3.63, 3.8) is 0 Å². The molecular formula is C16H15F3N2O4S. The third-order valence-electron chi connectivity index (χ3n) is 3.98. The first kappa shape index (κ1) is 19.9. The van der Waals surface area contributed by atoms with Crippen LogP contribution in [0.25, 0.3) is 0 Å². The number of thioether (sulfide) groups is 1. The number of nitrogens with zero attached hydrogens (tertiary/aromatic N) is 1. The van der Waals surface area contributed by atoms with E-state index in [2.05, 4.69) is 5.32 Å². The lowest BCUT2D eigenvalue weighted by Gasteiger charge is -2.35. The molecule has 1 heterocycles. The standard InChI is InChI=1S/C16H15F3N2O4S/c1-25-12-3-2-8(15(23)24)4-9(12)7-26-14-10(6-20)11(16(17,18)19)5-13(22)21-14/h2-4,10-11,14H,5,7H2,1H3,(H,21,22)(H,23,24). The van der Waals surface area contributed by atoms with E-state index in [0.29, 0.717) is 11.3 Å². The van der Waals surface area contributed by atoms with Crippen molar-refractivity contribution in [1.82, 2.24) is 5.32 Å². The Balaban J connectivity index is 2.22. The van der Waals surface area contributed by atoms with Gasteiger partial charge in [0.05, 0.1) is 36.0 Å². The molecule has 1 aliphatic heterocycles. The highest BCUT2D eigenvalue weighted by atomic mass is 32.2. The molecule has 0 bridgehead atoms. The van der Waals surface area contributed by atoms with E-state index in [4.69, 9.17) is 9.84 Å². The maximum Gasteiger partial charge on any atom is 0.393 e. The number of aromatic carboxylic acids is 1. The number of nitriles is 1. The molecule has 0 spiro atoms. The highest BCUT2D eigenvalue weighted by Gasteiger charge is 2.51. The minimum absolute atomic E-state index is 0.000851. The van der Waals surface area contributed by atoms with Crippen LogP contribution in [0, 0.1) is 23.2 Å². The van der Waals surface area contributed by atoms with Crippen molar-refractivity contribution in [3.05, 3.63) is 29.3 Å². The van der Waals surface area contributed by atoms with Crippen LogP contribution in [0.15, 0.2) is 18.2 Å². The quantitative estimate of drug-likeness (QED) is 0.805. The van der Waals surface area contributed by atoms with Gasteiger partial charge in [-0.25, -0.2) is 4.79 Å². The summed E-state index contributed by atoms with van der Waals surface area (Å²) >= 11 is 0.929. The van der Waals surface area contributed by atoms with Gasteiger partial charge in [-0.15, -0.1) is 11.8 Å². The first-order valence-corrected chi connectivity index (χ1v) is 8.49. The van der Waals surface area contributed by atoms with Crippen LogP contribution in [0.1, 0.15) is 22.3 Å². The Morgan fingerprint density at radius 3 is 2.73 bits per heavy atom. The average molecular weight is 388 g/mol. The van der Waals surface area contributed by atoms with E-state index in [0.717, 1.165) is 11.8 Å². The summed E-state index contributed by atoms with van der Waals surface area (Å²) in [5.74, 6) is -4.97. The molecule has 1 amide bonds. The third kappa shape index (κ3) is 4.40. The molecule has 1 aromatic rings. The number of rotatable bonds is 5. The fourth-order valence-corrected chi connectivity index (χ4v) is 3.93. The zero-order valence-corrected chi connectivity index (χ0v) is 14.4. The number of piperidine rings is 1. The maximum atomic E-state index is 13.1. The number of methoxy groups -OCH3 is 1. The molecule has 1 fully saturated rings. The molecule has 3 atom stereocenters. The summed E-state index contributed by atoms with van der Waals surface area (Å²) in [6, 6.07) is 5.78. The lowest BCUT2D eigenvalue weighted by Crippen LogP contribution is -2.51. The zero-order valence-electron chi connectivity index (χ0n) is 13.5. The number of alkyl halides is 3. The molecule has 0 aromatic heterocycles. The molecule has 0 radical (unpaired) electrons. The number of carbonyl (C=O) groups excluding carboxylic acids is 1. The fraction of sp³-hybridized carbons (Fsp3) is 0.438. The summed E-state index contributed by atoms with van der Waals surface area (Å²) in [5.41, 5.74) is 0.441. The lowest BCUT2D eigenvalue weighted by atomic mass is 9.86. The van der Waals surface area contributed by atoms with Gasteiger partial charge >= 0.3 is 12.1 Å². The first-order chi connectivity index (χ1) is 12.2. The highest BCUT2D eigenvalue weighted by molar-refractivity contribution is 7.99. The van der Waals surface area contributed by atoms with E-state index in [1.807, 2.05) is 0 Å². The van der Waals surface area contributed by atoms with Gasteiger partial charge in [0.2, 0.25) is 5.91 Å². The highest BCUT2D eigenvalue weighted by Crippen LogP contribution is 2.41. The Hall–Kier alpha value is -2.41. The Morgan fingerprint density at radius 2 is 2.19 bits per heavy atom. The Bertz CT molecular complexity index is 748. The first-order valence-electron chi connectivity index (χ1n) is 7.45. The van der Waals surface area contributed by atoms with Gasteiger partial charge in [-0.1, -0.05) is 0 Å². The van der Waals surface area contributed by atoms with E-state index in [9.17, 15) is 28.0 Å². The molecule has 1 aliphatic rings. The van der Waals surface area contributed by atoms with E-state index in [1.165, 1.54) is 25.3 Å². The van der Waals surface area contributed by atoms with E-state index >= 15 is 0 Å². The predicted octanol–water partition coefficient (Wildman–Crippen LogP) is 2.79. The van der Waals surface area contributed by atoms with Gasteiger partial charge in [0.25, 0.3) is 0 Å². The van der Waals surface area contributed by atoms with Crippen molar-refractivity contribution in [2.75, 3.05) is 7.11 Å². The number of carboxylic acids is 1. The average Bonchev–Trinajstić information content (AvgIpc) is 2.58. The van der Waals surface area contributed by atoms with Crippen molar-refractivity contribution < 1.29 is 32.6 Å². The summed E-state index contributed by atoms with van der Waals surface area (Å²) in [4.78, 5) is 22.7. The molecule has 1 saturated heterocycles. The summed E-state index contributed by atoms with van der Waals surface area (Å²) in [6.45, 7) is 0. The van der Waals surface area contributed by atoms with Gasteiger partial charge in [0, 0.05) is 17.7 Å². The van der Waals surface area contributed by atoms with Crippen LogP contribution in [-0.4, -0.2) is 35.6 Å². The molecule has 0 saturated carbocycles. The molecule has 2 rings (SSSR count). The van der Waals surface area contributed by atoms with Gasteiger partial charge in [0.15, 0.2) is 0 Å². The number of ether oxygens (including phenoxy) is 1. The van der Waals surface area contributed by atoms with E-state index in [-0.39, 0.29) is 11.3 Å². The van der Waals surface area contributed by atoms with E-state index < -0.39 is 41.7 Å². The molecule has 26 heavy (non-hydrogen) atoms. The Morgan fingerprint density at radius 1 is 1.50 bits per heavy atom. The molecule has 6 nitrogen and oxygen atoms in total. The van der Waals surface area contributed by atoms with Crippen LogP contribution in [0.2, 0.25) is 0 Å². The monoisotopic (exact) mass is 388 g/mol. The van der Waals surface area contributed by atoms with E-state index in [1.54, 1.807) is 6.07 Å². The van der Waals surface area contributed by atoms with Crippen LogP contribution in [0.4, 0.5) is 13.2 Å². The van der Waals surface area contributed by atoms with Gasteiger partial charge < -0.3 is 15.2 Å². The lowest BCUT2D eigenvalue weighted by molar-refractivity contribution is -0.192. The largest absolute Gasteiger partial charge is 0.496 e. The van der Waals surface area contributed by atoms with Crippen molar-refractivity contribution in [1.29, 1.82) is 5.26 Å². The van der Waals surface area contributed by atoms with Crippen LogP contribution < -0.4 is 10.1 Å². The molecule has 140 valence electrons. The van der Waals surface area contributed by atoms with Crippen LogP contribution in [-0.2, 0) is 10.5 Å². The molecule has 1 aromatic carbocycles. The predicted molar refractivity (Wildman–Crippen MR) is 86.4 cm³/mol. The maximum absolute atomic E-state index is 13.1. The molecular weight excluding hydrogens is 373 g/mol. The minimum Gasteiger partial charge on any atom is -0.496 e. The number of carbonyl (C=O) groups is 2. The fourth-order valence-electron chi connectivity index (χ4n) is 2.67. The van der Waals surface area contributed by atoms with Crippen molar-refractivity contribution >= 4 is 23.6 Å². The summed E-state index contributed by atoms with van der Waals surface area (Å²) in [7, 11) is 1.38. The molecule has 0 aliphatic carbocycles. The Labute approximate surface area is 151 Å². The topological polar surface area (TPSA) is 99.4 Å². The molecule has 2 N–H and O–H groups in total. The van der Waals surface area contributed by atoms with Crippen LogP contribution in [0.3, 0.4) is 0 Å². The van der Waals surface area contributed by atoms with Gasteiger partial charge in [-0.2, -0.15) is 18.4 Å². The third-order valence-corrected chi connectivity index (χ3v) is 5.23. The van der Waals surface area contributed by atoms with Crippen molar-refractivity contribution in [3.8, 4) is 11.8 Å². The van der Waals surface area contributed by atoms with Crippen molar-refractivity contribution in [2.24, 2.45) is 11.8 Å². The number of benzene rings is 1. The minimum atomic E-state index is -4.65. The van der Waals surface area contributed by atoms with Gasteiger partial charge in [-0.05, 0) is 18.2 Å². The second-order valence-electron chi connectivity index (χ2n) is 5.64.